The number of para-hydroxylation sites is 1. The molecule has 0 amide bonds. The molecule has 0 atom stereocenters. The van der Waals surface area contributed by atoms with Crippen LogP contribution >= 0.6 is 0 Å². The van der Waals surface area contributed by atoms with E-state index < -0.39 is 5.41 Å². The molecule has 0 radical (unpaired) electrons. The topological polar surface area (TPSA) is 51.8 Å². The summed E-state index contributed by atoms with van der Waals surface area (Å²) in [6, 6.07) is 67.3. The molecule has 8 aromatic carbocycles. The molecule has 0 bridgehead atoms. The SMILES string of the molecule is c1ccc(-c2nnc(-c3cccc(-c4ccc(-c5nc6ccccc6c6cc7c(cc56)C5(c6ccccc6-c6ccccc65)c5ccccc5-7)cc4)c3)o2)cc1. The number of fused-ring (bicyclic) bond motifs is 13. The lowest BCUT2D eigenvalue weighted by Crippen LogP contribution is -2.25. The van der Waals surface area contributed by atoms with Crippen LogP contribution in [0.25, 0.3) is 89.2 Å². The van der Waals surface area contributed by atoms with Crippen LogP contribution in [0.2, 0.25) is 0 Å². The smallest absolute Gasteiger partial charge is 0.248 e. The summed E-state index contributed by atoms with van der Waals surface area (Å²) in [4.78, 5) is 5.41. The minimum Gasteiger partial charge on any atom is -0.416 e. The molecule has 1 spiro atoms. The van der Waals surface area contributed by atoms with E-state index in [-0.39, 0.29) is 0 Å². The lowest BCUT2D eigenvalue weighted by atomic mass is 9.70. The number of rotatable bonds is 4. The zero-order valence-electron chi connectivity index (χ0n) is 30.1. The Labute approximate surface area is 323 Å². The first-order valence-electron chi connectivity index (χ1n) is 19.0. The highest BCUT2D eigenvalue weighted by atomic mass is 16.4. The summed E-state index contributed by atoms with van der Waals surface area (Å²) >= 11 is 0. The van der Waals surface area contributed by atoms with Crippen molar-refractivity contribution in [1.29, 1.82) is 0 Å². The monoisotopic (exact) mass is 713 g/mol. The van der Waals surface area contributed by atoms with E-state index >= 15 is 0 Å². The van der Waals surface area contributed by atoms with E-state index in [1.165, 1.54) is 49.9 Å². The van der Waals surface area contributed by atoms with E-state index in [2.05, 4.69) is 156 Å². The molecular formula is C52H31N3O. The van der Waals surface area contributed by atoms with Gasteiger partial charge in [-0.25, -0.2) is 4.98 Å². The third kappa shape index (κ3) is 4.32. The number of hydrogen-bond acceptors (Lipinski definition) is 4. The predicted octanol–water partition coefficient (Wildman–Crippen LogP) is 12.8. The van der Waals surface area contributed by atoms with Gasteiger partial charge in [-0.15, -0.1) is 10.2 Å². The van der Waals surface area contributed by atoms with Gasteiger partial charge in [0.25, 0.3) is 0 Å². The van der Waals surface area contributed by atoms with Crippen molar-refractivity contribution in [2.45, 2.75) is 5.41 Å². The van der Waals surface area contributed by atoms with Gasteiger partial charge >= 0.3 is 0 Å². The predicted molar refractivity (Wildman–Crippen MR) is 225 cm³/mol. The van der Waals surface area contributed by atoms with Crippen LogP contribution in [-0.2, 0) is 5.41 Å². The fraction of sp³-hybridized carbons (Fsp3) is 0.0192. The molecule has 0 saturated carbocycles. The van der Waals surface area contributed by atoms with Gasteiger partial charge in [-0.1, -0.05) is 146 Å². The van der Waals surface area contributed by atoms with Crippen LogP contribution in [0.5, 0.6) is 0 Å². The van der Waals surface area contributed by atoms with Crippen LogP contribution in [0.3, 0.4) is 0 Å². The van der Waals surface area contributed by atoms with Crippen molar-refractivity contribution in [3.05, 3.63) is 210 Å². The van der Waals surface area contributed by atoms with E-state index in [4.69, 9.17) is 9.40 Å². The first-order valence-corrected chi connectivity index (χ1v) is 19.0. The third-order valence-corrected chi connectivity index (χ3v) is 11.9. The van der Waals surface area contributed by atoms with Crippen LogP contribution in [0.1, 0.15) is 22.3 Å². The molecule has 4 heteroatoms. The lowest BCUT2D eigenvalue weighted by molar-refractivity contribution is 0.584. The summed E-state index contributed by atoms with van der Waals surface area (Å²) in [7, 11) is 0. The maximum Gasteiger partial charge on any atom is 0.248 e. The maximum absolute atomic E-state index is 6.10. The van der Waals surface area contributed by atoms with Crippen molar-refractivity contribution in [3.8, 4) is 67.5 Å². The molecule has 2 heterocycles. The lowest BCUT2D eigenvalue weighted by Gasteiger charge is -2.30. The Morgan fingerprint density at radius 2 is 0.893 bits per heavy atom. The minimum atomic E-state index is -0.425. The molecule has 260 valence electrons. The van der Waals surface area contributed by atoms with E-state index in [1.54, 1.807) is 0 Å². The second kappa shape index (κ2) is 11.8. The Morgan fingerprint density at radius 3 is 1.61 bits per heavy atom. The highest BCUT2D eigenvalue weighted by Gasteiger charge is 2.51. The number of pyridine rings is 1. The van der Waals surface area contributed by atoms with Crippen molar-refractivity contribution in [1.82, 2.24) is 15.2 Å². The van der Waals surface area contributed by atoms with Gasteiger partial charge in [0.05, 0.1) is 16.6 Å². The highest BCUT2D eigenvalue weighted by Crippen LogP contribution is 2.63. The summed E-state index contributed by atoms with van der Waals surface area (Å²) in [5.41, 5.74) is 17.1. The van der Waals surface area contributed by atoms with E-state index in [0.717, 1.165) is 49.8 Å². The first kappa shape index (κ1) is 31.0. The molecule has 4 nitrogen and oxygen atoms in total. The molecule has 0 saturated heterocycles. The molecule has 10 aromatic rings. The second-order valence-corrected chi connectivity index (χ2v) is 14.7. The van der Waals surface area contributed by atoms with Gasteiger partial charge < -0.3 is 4.42 Å². The Balaban J connectivity index is 1.02. The standard InChI is InChI=1S/C52H31N3O/c1-2-13-34(14-3-1)50-54-55-51(56-50)36-16-12-15-35(29-36)32-25-27-33(28-26-32)49-43-31-47-42(30-41(43)40-20-7-11-24-48(40)53-49)39-19-6-10-23-46(39)52(47)44-21-8-4-17-37(44)38-18-5-9-22-45(38)52/h1-31H. The van der Waals surface area contributed by atoms with Gasteiger partial charge in [0.2, 0.25) is 11.8 Å². The molecule has 12 rings (SSSR count). The molecule has 2 aliphatic rings. The van der Waals surface area contributed by atoms with Crippen molar-refractivity contribution in [2.24, 2.45) is 0 Å². The van der Waals surface area contributed by atoms with Crippen LogP contribution in [0.4, 0.5) is 0 Å². The highest BCUT2D eigenvalue weighted by molar-refractivity contribution is 6.14. The third-order valence-electron chi connectivity index (χ3n) is 11.9. The van der Waals surface area contributed by atoms with Gasteiger partial charge in [0, 0.05) is 27.5 Å². The quantitative estimate of drug-likeness (QED) is 0.170. The van der Waals surface area contributed by atoms with E-state index in [1.807, 2.05) is 42.5 Å². The summed E-state index contributed by atoms with van der Waals surface area (Å²) in [6.45, 7) is 0. The molecule has 0 aliphatic heterocycles. The number of nitrogens with zero attached hydrogens (tertiary/aromatic N) is 3. The van der Waals surface area contributed by atoms with Gasteiger partial charge in [-0.2, -0.15) is 0 Å². The number of aromatic nitrogens is 3. The summed E-state index contributed by atoms with van der Waals surface area (Å²) in [5, 5.41) is 12.2. The Kier molecular flexibility index (Phi) is 6.52. The normalized spacial score (nSPS) is 13.1. The van der Waals surface area contributed by atoms with Crippen molar-refractivity contribution >= 4 is 21.7 Å². The average molecular weight is 714 g/mol. The largest absolute Gasteiger partial charge is 0.416 e. The van der Waals surface area contributed by atoms with Crippen LogP contribution < -0.4 is 0 Å². The summed E-state index contributed by atoms with van der Waals surface area (Å²) in [6.07, 6.45) is 0. The fourth-order valence-corrected chi connectivity index (χ4v) is 9.45. The van der Waals surface area contributed by atoms with Crippen molar-refractivity contribution in [2.75, 3.05) is 0 Å². The van der Waals surface area contributed by atoms with Crippen LogP contribution in [0, 0.1) is 0 Å². The average Bonchev–Trinajstić information content (AvgIpc) is 3.97. The van der Waals surface area contributed by atoms with Crippen LogP contribution in [0.15, 0.2) is 192 Å². The Bertz CT molecular complexity index is 3150. The molecule has 0 unspecified atom stereocenters. The van der Waals surface area contributed by atoms with E-state index in [0.29, 0.717) is 11.8 Å². The number of hydrogen-bond donors (Lipinski definition) is 0. The molecule has 2 aliphatic carbocycles. The second-order valence-electron chi connectivity index (χ2n) is 14.7. The molecule has 56 heavy (non-hydrogen) atoms. The van der Waals surface area contributed by atoms with Gasteiger partial charge in [-0.3, -0.25) is 0 Å². The summed E-state index contributed by atoms with van der Waals surface area (Å²) in [5.74, 6) is 1.00. The van der Waals surface area contributed by atoms with Gasteiger partial charge in [0.15, 0.2) is 0 Å². The zero-order chi connectivity index (χ0) is 36.8. The van der Waals surface area contributed by atoms with Gasteiger partial charge in [0.1, 0.15) is 0 Å². The van der Waals surface area contributed by atoms with Crippen LogP contribution in [-0.4, -0.2) is 15.2 Å². The van der Waals surface area contributed by atoms with Crippen molar-refractivity contribution < 1.29 is 4.42 Å². The maximum atomic E-state index is 6.10. The van der Waals surface area contributed by atoms with Gasteiger partial charge in [-0.05, 0) is 103 Å². The molecular weight excluding hydrogens is 683 g/mol. The molecule has 0 N–H and O–H groups in total. The van der Waals surface area contributed by atoms with Crippen molar-refractivity contribution in [3.63, 3.8) is 0 Å². The molecule has 0 fully saturated rings. The Hall–Kier alpha value is -7.43. The zero-order valence-corrected chi connectivity index (χ0v) is 30.1. The number of benzene rings is 8. The Morgan fingerprint density at radius 1 is 0.339 bits per heavy atom. The fourth-order valence-electron chi connectivity index (χ4n) is 9.45. The first-order chi connectivity index (χ1) is 27.8. The molecule has 2 aromatic heterocycles. The van der Waals surface area contributed by atoms with E-state index in [9.17, 15) is 0 Å². The minimum absolute atomic E-state index is 0.425. The summed E-state index contributed by atoms with van der Waals surface area (Å²) < 4.78 is 6.10.